The van der Waals surface area contributed by atoms with Crippen LogP contribution in [0, 0.1) is 13.8 Å². The number of aryl methyl sites for hydroxylation is 2. The number of hydrogen-bond acceptors (Lipinski definition) is 4. The van der Waals surface area contributed by atoms with Crippen LogP contribution < -0.4 is 10.6 Å². The van der Waals surface area contributed by atoms with Crippen LogP contribution in [-0.4, -0.2) is 16.8 Å². The van der Waals surface area contributed by atoms with Crippen molar-refractivity contribution in [1.82, 2.24) is 4.98 Å². The molecule has 2 N–H and O–H groups in total. The first-order chi connectivity index (χ1) is 13.0. The number of hydrogen-bond donors (Lipinski definition) is 2. The highest BCUT2D eigenvalue weighted by Crippen LogP contribution is 2.20. The lowest BCUT2D eigenvalue weighted by Crippen LogP contribution is -2.14. The second-order valence-corrected chi connectivity index (χ2v) is 7.12. The largest absolute Gasteiger partial charge is 0.326 e. The van der Waals surface area contributed by atoms with Crippen LogP contribution in [0.4, 0.5) is 10.8 Å². The first kappa shape index (κ1) is 18.8. The molecule has 1 heterocycles. The molecule has 0 aliphatic carbocycles. The van der Waals surface area contributed by atoms with Crippen LogP contribution in [0.1, 0.15) is 33.6 Å². The van der Waals surface area contributed by atoms with Gasteiger partial charge in [0.2, 0.25) is 5.91 Å². The first-order valence-corrected chi connectivity index (χ1v) is 9.58. The molecule has 138 valence electrons. The Morgan fingerprint density at radius 3 is 2.56 bits per heavy atom. The molecule has 0 saturated carbocycles. The third kappa shape index (κ3) is 5.01. The quantitative estimate of drug-likeness (QED) is 0.658. The van der Waals surface area contributed by atoms with E-state index in [0.29, 0.717) is 23.5 Å². The Bertz CT molecular complexity index is 951. The molecular formula is C21H21N3O2S. The summed E-state index contributed by atoms with van der Waals surface area (Å²) in [5.41, 5.74) is 4.44. The minimum absolute atomic E-state index is 0.0495. The maximum absolute atomic E-state index is 12.2. The molecule has 0 aliphatic heterocycles. The summed E-state index contributed by atoms with van der Waals surface area (Å²) in [6.45, 7) is 4.01. The highest BCUT2D eigenvalue weighted by atomic mass is 32.1. The van der Waals surface area contributed by atoms with Crippen molar-refractivity contribution in [2.45, 2.75) is 26.7 Å². The van der Waals surface area contributed by atoms with Crippen molar-refractivity contribution in [2.24, 2.45) is 0 Å². The Balaban J connectivity index is 1.53. The van der Waals surface area contributed by atoms with E-state index in [9.17, 15) is 9.59 Å². The number of rotatable bonds is 6. The molecule has 1 aromatic heterocycles. The lowest BCUT2D eigenvalue weighted by Gasteiger charge is -2.09. The lowest BCUT2D eigenvalue weighted by atomic mass is 10.1. The van der Waals surface area contributed by atoms with E-state index in [2.05, 4.69) is 15.6 Å². The summed E-state index contributed by atoms with van der Waals surface area (Å²) in [5.74, 6) is -0.240. The van der Waals surface area contributed by atoms with Gasteiger partial charge in [0, 0.05) is 23.1 Å². The second-order valence-electron chi connectivity index (χ2n) is 6.26. The van der Waals surface area contributed by atoms with E-state index in [-0.39, 0.29) is 11.8 Å². The molecular weight excluding hydrogens is 358 g/mol. The predicted molar refractivity (Wildman–Crippen MR) is 109 cm³/mol. The molecule has 2 amide bonds. The number of benzene rings is 2. The van der Waals surface area contributed by atoms with E-state index in [1.807, 2.05) is 55.6 Å². The average molecular weight is 379 g/mol. The fourth-order valence-electron chi connectivity index (χ4n) is 2.58. The molecule has 0 spiro atoms. The van der Waals surface area contributed by atoms with Crippen molar-refractivity contribution in [3.8, 4) is 0 Å². The van der Waals surface area contributed by atoms with Gasteiger partial charge in [0.1, 0.15) is 0 Å². The molecule has 0 saturated heterocycles. The lowest BCUT2D eigenvalue weighted by molar-refractivity contribution is -0.116. The standard InChI is InChI=1S/C21H21N3O2S/c1-14-7-6-10-18(15(14)2)23-19(25)12-11-17-13-27-21(22-17)24-20(26)16-8-4-3-5-9-16/h3-10,13H,11-12H2,1-2H3,(H,23,25)(H,22,24,26). The number of carbonyl (C=O) groups excluding carboxylic acids is 2. The number of nitrogens with zero attached hydrogens (tertiary/aromatic N) is 1. The smallest absolute Gasteiger partial charge is 0.257 e. The Morgan fingerprint density at radius 2 is 1.78 bits per heavy atom. The van der Waals surface area contributed by atoms with E-state index in [1.54, 1.807) is 12.1 Å². The number of aromatic nitrogens is 1. The summed E-state index contributed by atoms with van der Waals surface area (Å²) in [6.07, 6.45) is 0.859. The molecule has 2 aromatic carbocycles. The van der Waals surface area contributed by atoms with Crippen LogP contribution in [0.15, 0.2) is 53.9 Å². The molecule has 3 rings (SSSR count). The van der Waals surface area contributed by atoms with Crippen LogP contribution >= 0.6 is 11.3 Å². The van der Waals surface area contributed by atoms with Crippen molar-refractivity contribution < 1.29 is 9.59 Å². The third-order valence-corrected chi connectivity index (χ3v) is 5.10. The van der Waals surface area contributed by atoms with Crippen molar-refractivity contribution in [2.75, 3.05) is 10.6 Å². The molecule has 5 nitrogen and oxygen atoms in total. The normalized spacial score (nSPS) is 10.4. The SMILES string of the molecule is Cc1cccc(NC(=O)CCc2csc(NC(=O)c3ccccc3)n2)c1C. The Labute approximate surface area is 162 Å². The second kappa shape index (κ2) is 8.60. The number of nitrogens with one attached hydrogen (secondary N) is 2. The van der Waals surface area contributed by atoms with E-state index < -0.39 is 0 Å². The molecule has 0 radical (unpaired) electrons. The number of carbonyl (C=O) groups is 2. The topological polar surface area (TPSA) is 71.1 Å². The molecule has 0 fully saturated rings. The van der Waals surface area contributed by atoms with Crippen molar-refractivity contribution in [3.05, 3.63) is 76.3 Å². The first-order valence-electron chi connectivity index (χ1n) is 8.70. The maximum atomic E-state index is 12.2. The highest BCUT2D eigenvalue weighted by molar-refractivity contribution is 7.14. The van der Waals surface area contributed by atoms with Gasteiger partial charge in [-0.1, -0.05) is 30.3 Å². The summed E-state index contributed by atoms with van der Waals surface area (Å²) >= 11 is 1.36. The van der Waals surface area contributed by atoms with Gasteiger partial charge in [0.25, 0.3) is 5.91 Å². The molecule has 0 aliphatic rings. The van der Waals surface area contributed by atoms with Crippen LogP contribution in [-0.2, 0) is 11.2 Å². The molecule has 27 heavy (non-hydrogen) atoms. The number of thiazole rings is 1. The van der Waals surface area contributed by atoms with E-state index in [4.69, 9.17) is 0 Å². The molecule has 0 unspecified atom stereocenters. The van der Waals surface area contributed by atoms with Crippen LogP contribution in [0.25, 0.3) is 0 Å². The number of amides is 2. The average Bonchev–Trinajstić information content (AvgIpc) is 3.12. The summed E-state index contributed by atoms with van der Waals surface area (Å²) < 4.78 is 0. The van der Waals surface area contributed by atoms with Crippen molar-refractivity contribution >= 4 is 34.0 Å². The monoisotopic (exact) mass is 379 g/mol. The van der Waals surface area contributed by atoms with E-state index in [1.165, 1.54) is 11.3 Å². The summed E-state index contributed by atoms with van der Waals surface area (Å²) in [6, 6.07) is 14.9. The fraction of sp³-hybridized carbons (Fsp3) is 0.190. The minimum atomic E-state index is -0.191. The van der Waals surface area contributed by atoms with Gasteiger partial charge in [-0.15, -0.1) is 11.3 Å². The third-order valence-electron chi connectivity index (χ3n) is 4.30. The maximum Gasteiger partial charge on any atom is 0.257 e. The van der Waals surface area contributed by atoms with Crippen molar-refractivity contribution in [1.29, 1.82) is 0 Å². The molecule has 0 atom stereocenters. The Hall–Kier alpha value is -2.99. The van der Waals surface area contributed by atoms with Gasteiger partial charge in [0.15, 0.2) is 5.13 Å². The zero-order valence-corrected chi connectivity index (χ0v) is 16.1. The zero-order valence-electron chi connectivity index (χ0n) is 15.3. The van der Waals surface area contributed by atoms with Gasteiger partial charge >= 0.3 is 0 Å². The van der Waals surface area contributed by atoms with Gasteiger partial charge in [0.05, 0.1) is 5.69 Å². The summed E-state index contributed by atoms with van der Waals surface area (Å²) in [4.78, 5) is 28.8. The van der Waals surface area contributed by atoms with Gasteiger partial charge in [-0.3, -0.25) is 14.9 Å². The minimum Gasteiger partial charge on any atom is -0.326 e. The summed E-state index contributed by atoms with van der Waals surface area (Å²) in [7, 11) is 0. The van der Waals surface area contributed by atoms with Crippen LogP contribution in [0.5, 0.6) is 0 Å². The highest BCUT2D eigenvalue weighted by Gasteiger charge is 2.11. The molecule has 6 heteroatoms. The van der Waals surface area contributed by atoms with E-state index in [0.717, 1.165) is 22.5 Å². The summed E-state index contributed by atoms with van der Waals surface area (Å²) in [5, 5.41) is 8.14. The Morgan fingerprint density at radius 1 is 1.00 bits per heavy atom. The van der Waals surface area contributed by atoms with Gasteiger partial charge < -0.3 is 5.32 Å². The molecule has 0 bridgehead atoms. The van der Waals surface area contributed by atoms with Crippen LogP contribution in [0.2, 0.25) is 0 Å². The predicted octanol–water partition coefficient (Wildman–Crippen LogP) is 4.58. The Kier molecular flexibility index (Phi) is 5.98. The molecule has 3 aromatic rings. The van der Waals surface area contributed by atoms with Gasteiger partial charge in [-0.2, -0.15) is 0 Å². The van der Waals surface area contributed by atoms with Gasteiger partial charge in [-0.25, -0.2) is 4.98 Å². The number of anilines is 2. The fourth-order valence-corrected chi connectivity index (χ4v) is 3.32. The van der Waals surface area contributed by atoms with E-state index >= 15 is 0 Å². The zero-order chi connectivity index (χ0) is 19.2. The van der Waals surface area contributed by atoms with Gasteiger partial charge in [-0.05, 0) is 49.6 Å². The van der Waals surface area contributed by atoms with Crippen LogP contribution in [0.3, 0.4) is 0 Å². The van der Waals surface area contributed by atoms with Crippen molar-refractivity contribution in [3.63, 3.8) is 0 Å².